The van der Waals surface area contributed by atoms with Crippen LogP contribution in [0.1, 0.15) is 39.0 Å². The van der Waals surface area contributed by atoms with Gasteiger partial charge < -0.3 is 4.74 Å². The number of ether oxygens (including phenoxy) is 1. The van der Waals surface area contributed by atoms with Crippen LogP contribution in [0.4, 0.5) is 13.2 Å². The number of rotatable bonds is 6. The van der Waals surface area contributed by atoms with E-state index in [4.69, 9.17) is 0 Å². The van der Waals surface area contributed by atoms with Crippen molar-refractivity contribution in [1.29, 1.82) is 0 Å². The maximum absolute atomic E-state index is 11.6. The molecule has 0 amide bonds. The van der Waals surface area contributed by atoms with Gasteiger partial charge in [0, 0.05) is 0 Å². The van der Waals surface area contributed by atoms with Crippen LogP contribution in [0.3, 0.4) is 0 Å². The lowest BCUT2D eigenvalue weighted by atomic mass is 10.2. The van der Waals surface area contributed by atoms with Gasteiger partial charge in [-0.25, -0.2) is 4.79 Å². The van der Waals surface area contributed by atoms with Gasteiger partial charge in [0.2, 0.25) is 0 Å². The second kappa shape index (κ2) is 6.68. The van der Waals surface area contributed by atoms with Gasteiger partial charge in [-0.15, -0.1) is 0 Å². The lowest BCUT2D eigenvalue weighted by molar-refractivity contribution is -0.199. The van der Waals surface area contributed by atoms with Crippen molar-refractivity contribution in [2.45, 2.75) is 45.2 Å². The summed E-state index contributed by atoms with van der Waals surface area (Å²) < 4.78 is 38.8. The highest BCUT2D eigenvalue weighted by atomic mass is 19.4. The SMILES string of the molecule is CCCCCCCOC(=O)C(F)(F)F. The maximum Gasteiger partial charge on any atom is 0.490 e. The molecular formula is C9H15F3O2. The standard InChI is InChI=1S/C9H15F3O2/c1-2-3-4-5-6-7-14-8(13)9(10,11)12/h2-7H2,1H3. The second-order valence-electron chi connectivity index (χ2n) is 3.05. The monoisotopic (exact) mass is 212 g/mol. The topological polar surface area (TPSA) is 26.3 Å². The Hall–Kier alpha value is -0.740. The van der Waals surface area contributed by atoms with Crippen molar-refractivity contribution in [3.8, 4) is 0 Å². The summed E-state index contributed by atoms with van der Waals surface area (Å²) in [4.78, 5) is 10.2. The third-order valence-corrected chi connectivity index (χ3v) is 1.71. The molecule has 5 heteroatoms. The van der Waals surface area contributed by atoms with Crippen LogP contribution in [-0.2, 0) is 9.53 Å². The smallest absolute Gasteiger partial charge is 0.459 e. The molecular weight excluding hydrogens is 197 g/mol. The molecule has 0 N–H and O–H groups in total. The van der Waals surface area contributed by atoms with Gasteiger partial charge in [-0.1, -0.05) is 32.6 Å². The number of carbonyl (C=O) groups is 1. The van der Waals surface area contributed by atoms with Crippen LogP contribution in [0.15, 0.2) is 0 Å². The van der Waals surface area contributed by atoms with Crippen LogP contribution >= 0.6 is 0 Å². The predicted molar refractivity (Wildman–Crippen MR) is 45.8 cm³/mol. The van der Waals surface area contributed by atoms with Gasteiger partial charge in [-0.3, -0.25) is 0 Å². The van der Waals surface area contributed by atoms with Crippen LogP contribution in [-0.4, -0.2) is 18.8 Å². The largest absolute Gasteiger partial charge is 0.490 e. The molecule has 0 saturated carbocycles. The van der Waals surface area contributed by atoms with Crippen LogP contribution in [0.25, 0.3) is 0 Å². The molecule has 0 saturated heterocycles. The van der Waals surface area contributed by atoms with Crippen molar-refractivity contribution in [3.05, 3.63) is 0 Å². The Morgan fingerprint density at radius 3 is 2.21 bits per heavy atom. The number of hydrogen-bond acceptors (Lipinski definition) is 2. The van der Waals surface area contributed by atoms with Gasteiger partial charge in [0.1, 0.15) is 0 Å². The van der Waals surface area contributed by atoms with Gasteiger partial charge in [0.15, 0.2) is 0 Å². The van der Waals surface area contributed by atoms with Gasteiger partial charge in [0.25, 0.3) is 0 Å². The Balaban J connectivity index is 3.33. The summed E-state index contributed by atoms with van der Waals surface area (Å²) in [6.45, 7) is 1.91. The third-order valence-electron chi connectivity index (χ3n) is 1.71. The minimum Gasteiger partial charge on any atom is -0.459 e. The van der Waals surface area contributed by atoms with E-state index >= 15 is 0 Å². The zero-order chi connectivity index (χ0) is 11.0. The van der Waals surface area contributed by atoms with E-state index in [0.29, 0.717) is 6.42 Å². The summed E-state index contributed by atoms with van der Waals surface area (Å²) in [5.74, 6) is -2.09. The number of unbranched alkanes of at least 4 members (excludes halogenated alkanes) is 4. The fourth-order valence-corrected chi connectivity index (χ4v) is 0.952. The molecule has 0 fully saturated rings. The fourth-order valence-electron chi connectivity index (χ4n) is 0.952. The van der Waals surface area contributed by atoms with Crippen LogP contribution in [0.5, 0.6) is 0 Å². The van der Waals surface area contributed by atoms with Crippen LogP contribution in [0, 0.1) is 0 Å². The van der Waals surface area contributed by atoms with Gasteiger partial charge in [-0.2, -0.15) is 13.2 Å². The van der Waals surface area contributed by atoms with E-state index in [9.17, 15) is 18.0 Å². The summed E-state index contributed by atoms with van der Waals surface area (Å²) in [6.07, 6.45) is -0.445. The van der Waals surface area contributed by atoms with Crippen molar-refractivity contribution >= 4 is 5.97 Å². The first-order chi connectivity index (χ1) is 6.48. The molecule has 0 aliphatic carbocycles. The highest BCUT2D eigenvalue weighted by molar-refractivity contribution is 5.75. The molecule has 0 aliphatic heterocycles. The van der Waals surface area contributed by atoms with E-state index in [-0.39, 0.29) is 6.61 Å². The first-order valence-electron chi connectivity index (χ1n) is 4.72. The molecule has 84 valence electrons. The van der Waals surface area contributed by atoms with Crippen molar-refractivity contribution < 1.29 is 22.7 Å². The summed E-state index contributed by atoms with van der Waals surface area (Å²) >= 11 is 0. The maximum atomic E-state index is 11.6. The highest BCUT2D eigenvalue weighted by Gasteiger charge is 2.40. The van der Waals surface area contributed by atoms with Crippen molar-refractivity contribution in [3.63, 3.8) is 0 Å². The van der Waals surface area contributed by atoms with Crippen molar-refractivity contribution in [1.82, 2.24) is 0 Å². The van der Waals surface area contributed by atoms with Crippen LogP contribution in [0.2, 0.25) is 0 Å². The Labute approximate surface area is 81.4 Å². The Morgan fingerprint density at radius 1 is 1.14 bits per heavy atom. The zero-order valence-corrected chi connectivity index (χ0v) is 8.19. The van der Waals surface area contributed by atoms with Crippen molar-refractivity contribution in [2.24, 2.45) is 0 Å². The molecule has 0 aliphatic rings. The molecule has 0 bridgehead atoms. The molecule has 0 heterocycles. The molecule has 0 atom stereocenters. The summed E-state index contributed by atoms with van der Waals surface area (Å²) in [7, 11) is 0. The fraction of sp³-hybridized carbons (Fsp3) is 0.889. The Bertz CT molecular complexity index is 166. The molecule has 0 spiro atoms. The first-order valence-corrected chi connectivity index (χ1v) is 4.72. The molecule has 14 heavy (non-hydrogen) atoms. The number of halogens is 3. The second-order valence-corrected chi connectivity index (χ2v) is 3.05. The van der Waals surface area contributed by atoms with Gasteiger partial charge >= 0.3 is 12.1 Å². The van der Waals surface area contributed by atoms with E-state index in [2.05, 4.69) is 4.74 Å². The molecule has 0 aromatic carbocycles. The molecule has 0 rings (SSSR count). The van der Waals surface area contributed by atoms with Crippen LogP contribution < -0.4 is 0 Å². The number of carbonyl (C=O) groups excluding carboxylic acids is 1. The Kier molecular flexibility index (Phi) is 6.32. The Morgan fingerprint density at radius 2 is 1.71 bits per heavy atom. The number of esters is 1. The normalized spacial score (nSPS) is 11.4. The first kappa shape index (κ1) is 13.3. The lowest BCUT2D eigenvalue weighted by Gasteiger charge is -2.06. The predicted octanol–water partition coefficient (Wildman–Crippen LogP) is 3.06. The summed E-state index contributed by atoms with van der Waals surface area (Å²) in [5.41, 5.74) is 0. The third kappa shape index (κ3) is 6.74. The van der Waals surface area contributed by atoms with Gasteiger partial charge in [0.05, 0.1) is 6.61 Å². The molecule has 0 radical (unpaired) electrons. The van der Waals surface area contributed by atoms with E-state index in [0.717, 1.165) is 25.7 Å². The zero-order valence-electron chi connectivity index (χ0n) is 8.19. The molecule has 2 nitrogen and oxygen atoms in total. The average molecular weight is 212 g/mol. The quantitative estimate of drug-likeness (QED) is 0.499. The minimum atomic E-state index is -4.86. The van der Waals surface area contributed by atoms with E-state index in [1.807, 2.05) is 6.92 Å². The number of alkyl halides is 3. The molecule has 0 aromatic heterocycles. The highest BCUT2D eigenvalue weighted by Crippen LogP contribution is 2.16. The van der Waals surface area contributed by atoms with Crippen molar-refractivity contribution in [2.75, 3.05) is 6.61 Å². The average Bonchev–Trinajstić information content (AvgIpc) is 2.09. The summed E-state index contributed by atoms with van der Waals surface area (Å²) in [6, 6.07) is 0. The van der Waals surface area contributed by atoms with Gasteiger partial charge in [-0.05, 0) is 6.42 Å². The van der Waals surface area contributed by atoms with E-state index in [1.54, 1.807) is 0 Å². The minimum absolute atomic E-state index is 0.137. The molecule has 0 aromatic rings. The summed E-state index contributed by atoms with van der Waals surface area (Å²) in [5, 5.41) is 0. The molecule has 0 unspecified atom stereocenters. The van der Waals surface area contributed by atoms with E-state index < -0.39 is 12.1 Å². The van der Waals surface area contributed by atoms with E-state index in [1.165, 1.54) is 0 Å². The lowest BCUT2D eigenvalue weighted by Crippen LogP contribution is -2.25. The number of hydrogen-bond donors (Lipinski definition) is 0.